The second-order valence-electron chi connectivity index (χ2n) is 4.93. The van der Waals surface area contributed by atoms with E-state index in [0.717, 1.165) is 0 Å². The molecule has 0 aromatic rings. The van der Waals surface area contributed by atoms with Crippen LogP contribution in [0.1, 0.15) is 26.2 Å². The molecular formula is C10H12F6. The summed E-state index contributed by atoms with van der Waals surface area (Å²) in [5.74, 6) is -7.89. The number of fused-ring (bicyclic) bond motifs is 2. The van der Waals surface area contributed by atoms with Gasteiger partial charge in [-0.05, 0) is 25.2 Å². The summed E-state index contributed by atoms with van der Waals surface area (Å²) in [5, 5.41) is 0. The molecule has 2 saturated carbocycles. The van der Waals surface area contributed by atoms with Crippen LogP contribution in [0.15, 0.2) is 0 Å². The molecule has 94 valence electrons. The molecule has 0 aromatic heterocycles. The molecular weight excluding hydrogens is 234 g/mol. The third-order valence-electron chi connectivity index (χ3n) is 4.12. The van der Waals surface area contributed by atoms with Gasteiger partial charge in [0.05, 0.1) is 0 Å². The van der Waals surface area contributed by atoms with Crippen molar-refractivity contribution < 1.29 is 26.3 Å². The Bertz CT molecular complexity index is 296. The van der Waals surface area contributed by atoms with Gasteiger partial charge < -0.3 is 0 Å². The van der Waals surface area contributed by atoms with Gasteiger partial charge in [-0.1, -0.05) is 6.92 Å². The Hall–Kier alpha value is -0.420. The molecule has 2 bridgehead atoms. The Morgan fingerprint density at radius 3 is 2.06 bits per heavy atom. The van der Waals surface area contributed by atoms with E-state index in [9.17, 15) is 26.3 Å². The van der Waals surface area contributed by atoms with Crippen molar-refractivity contribution in [1.29, 1.82) is 0 Å². The summed E-state index contributed by atoms with van der Waals surface area (Å²) in [6, 6.07) is 0. The molecule has 16 heavy (non-hydrogen) atoms. The Balaban J connectivity index is 2.48. The molecule has 0 heterocycles. The van der Waals surface area contributed by atoms with E-state index >= 15 is 0 Å². The number of alkyl halides is 6. The number of hydrogen-bond acceptors (Lipinski definition) is 0. The summed E-state index contributed by atoms with van der Waals surface area (Å²) >= 11 is 0. The van der Waals surface area contributed by atoms with Crippen molar-refractivity contribution in [3.8, 4) is 0 Å². The highest BCUT2D eigenvalue weighted by molar-refractivity contribution is 5.15. The van der Waals surface area contributed by atoms with E-state index in [0.29, 0.717) is 0 Å². The highest BCUT2D eigenvalue weighted by Gasteiger charge is 2.81. The standard InChI is InChI=1S/C10H12F6/c1-5-2-3-6-4-7(5)9(12,13)8(6,11)10(14,15)16/h5-7H,2-4H2,1H3. The van der Waals surface area contributed by atoms with Gasteiger partial charge in [-0.15, -0.1) is 0 Å². The van der Waals surface area contributed by atoms with Gasteiger partial charge in [-0.2, -0.15) is 13.2 Å². The third-order valence-corrected chi connectivity index (χ3v) is 4.12. The van der Waals surface area contributed by atoms with Crippen molar-refractivity contribution >= 4 is 0 Å². The zero-order valence-corrected chi connectivity index (χ0v) is 8.62. The molecule has 0 aromatic carbocycles. The van der Waals surface area contributed by atoms with Gasteiger partial charge in [0.25, 0.3) is 11.6 Å². The van der Waals surface area contributed by atoms with E-state index in [4.69, 9.17) is 0 Å². The maximum Gasteiger partial charge on any atom is 0.428 e. The molecule has 6 heteroatoms. The van der Waals surface area contributed by atoms with Crippen molar-refractivity contribution in [3.63, 3.8) is 0 Å². The molecule has 2 rings (SSSR count). The van der Waals surface area contributed by atoms with Gasteiger partial charge in [0.2, 0.25) is 0 Å². The van der Waals surface area contributed by atoms with Crippen molar-refractivity contribution in [2.24, 2.45) is 17.8 Å². The van der Waals surface area contributed by atoms with Crippen molar-refractivity contribution in [2.45, 2.75) is 44.0 Å². The first-order chi connectivity index (χ1) is 7.12. The van der Waals surface area contributed by atoms with Gasteiger partial charge in [0.1, 0.15) is 0 Å². The second kappa shape index (κ2) is 3.07. The van der Waals surface area contributed by atoms with Crippen LogP contribution in [0.5, 0.6) is 0 Å². The highest BCUT2D eigenvalue weighted by Crippen LogP contribution is 2.65. The maximum absolute atomic E-state index is 13.9. The SMILES string of the molecule is CC1CCC2CC1C(F)(F)C2(F)C(F)(F)F. The zero-order valence-electron chi connectivity index (χ0n) is 8.62. The summed E-state index contributed by atoms with van der Waals surface area (Å²) in [6.07, 6.45) is -5.71. The van der Waals surface area contributed by atoms with Gasteiger partial charge in [0, 0.05) is 11.8 Å². The van der Waals surface area contributed by atoms with Crippen LogP contribution in [-0.2, 0) is 0 Å². The lowest BCUT2D eigenvalue weighted by Gasteiger charge is -2.33. The third kappa shape index (κ3) is 1.19. The van der Waals surface area contributed by atoms with Gasteiger partial charge in [-0.3, -0.25) is 0 Å². The molecule has 0 aliphatic heterocycles. The summed E-state index contributed by atoms with van der Waals surface area (Å²) in [5.41, 5.74) is -4.32. The minimum Gasteiger partial charge on any atom is -0.227 e. The van der Waals surface area contributed by atoms with Crippen LogP contribution in [0.2, 0.25) is 0 Å². The number of rotatable bonds is 0. The molecule has 2 aliphatic rings. The summed E-state index contributed by atoms with van der Waals surface area (Å²) in [7, 11) is 0. The molecule has 0 radical (unpaired) electrons. The fourth-order valence-corrected chi connectivity index (χ4v) is 3.15. The van der Waals surface area contributed by atoms with Gasteiger partial charge >= 0.3 is 6.18 Å². The normalized spacial score (nSPS) is 47.1. The molecule has 0 saturated heterocycles. The van der Waals surface area contributed by atoms with Gasteiger partial charge in [0.15, 0.2) is 0 Å². The van der Waals surface area contributed by atoms with Crippen LogP contribution < -0.4 is 0 Å². The maximum atomic E-state index is 13.9. The monoisotopic (exact) mass is 246 g/mol. The predicted octanol–water partition coefficient (Wildman–Crippen LogP) is 3.96. The molecule has 2 aliphatic carbocycles. The van der Waals surface area contributed by atoms with Crippen LogP contribution in [0.25, 0.3) is 0 Å². The largest absolute Gasteiger partial charge is 0.428 e. The average molecular weight is 246 g/mol. The highest BCUT2D eigenvalue weighted by atomic mass is 19.4. The Kier molecular flexibility index (Phi) is 2.31. The lowest BCUT2D eigenvalue weighted by atomic mass is 9.80. The Morgan fingerprint density at radius 1 is 1.06 bits per heavy atom. The van der Waals surface area contributed by atoms with E-state index in [-0.39, 0.29) is 19.3 Å². The zero-order chi connectivity index (χ0) is 12.4. The topological polar surface area (TPSA) is 0 Å². The van der Waals surface area contributed by atoms with Crippen molar-refractivity contribution in [2.75, 3.05) is 0 Å². The van der Waals surface area contributed by atoms with Crippen molar-refractivity contribution in [1.82, 2.24) is 0 Å². The Labute approximate surface area is 89.0 Å². The van der Waals surface area contributed by atoms with E-state index in [1.807, 2.05) is 0 Å². The first kappa shape index (κ1) is 12.0. The number of hydrogen-bond donors (Lipinski definition) is 0. The first-order valence-corrected chi connectivity index (χ1v) is 5.25. The van der Waals surface area contributed by atoms with Crippen molar-refractivity contribution in [3.05, 3.63) is 0 Å². The van der Waals surface area contributed by atoms with Crippen LogP contribution >= 0.6 is 0 Å². The second-order valence-corrected chi connectivity index (χ2v) is 4.93. The molecule has 4 unspecified atom stereocenters. The summed E-state index contributed by atoms with van der Waals surface area (Å²) in [6.45, 7) is 1.47. The van der Waals surface area contributed by atoms with Crippen LogP contribution in [0, 0.1) is 17.8 Å². The van der Waals surface area contributed by atoms with Crippen LogP contribution in [-0.4, -0.2) is 17.8 Å². The minimum absolute atomic E-state index is 0.108. The predicted molar refractivity (Wildman–Crippen MR) is 44.8 cm³/mol. The lowest BCUT2D eigenvalue weighted by Crippen LogP contribution is -2.56. The quantitative estimate of drug-likeness (QED) is 0.567. The summed E-state index contributed by atoms with van der Waals surface area (Å²) in [4.78, 5) is 0. The van der Waals surface area contributed by atoms with Gasteiger partial charge in [-0.25, -0.2) is 13.2 Å². The number of halogens is 6. The molecule has 0 spiro atoms. The average Bonchev–Trinajstić information content (AvgIpc) is 2.30. The van der Waals surface area contributed by atoms with E-state index in [1.165, 1.54) is 6.92 Å². The molecule has 0 N–H and O–H groups in total. The molecule has 0 amide bonds. The molecule has 2 fully saturated rings. The smallest absolute Gasteiger partial charge is 0.227 e. The Morgan fingerprint density at radius 2 is 1.62 bits per heavy atom. The van der Waals surface area contributed by atoms with E-state index in [2.05, 4.69) is 0 Å². The fourth-order valence-electron chi connectivity index (χ4n) is 3.15. The van der Waals surface area contributed by atoms with E-state index < -0.39 is 35.5 Å². The van der Waals surface area contributed by atoms with Crippen LogP contribution in [0.3, 0.4) is 0 Å². The van der Waals surface area contributed by atoms with E-state index in [1.54, 1.807) is 0 Å². The van der Waals surface area contributed by atoms with Crippen LogP contribution in [0.4, 0.5) is 26.3 Å². The first-order valence-electron chi connectivity index (χ1n) is 5.25. The molecule has 4 atom stereocenters. The minimum atomic E-state index is -5.49. The fraction of sp³-hybridized carbons (Fsp3) is 1.00. The molecule has 0 nitrogen and oxygen atoms in total. The summed E-state index contributed by atoms with van der Waals surface area (Å²) < 4.78 is 78.7. The lowest BCUT2D eigenvalue weighted by molar-refractivity contribution is -0.308.